The molecule has 1 heterocycles. The van der Waals surface area contributed by atoms with Gasteiger partial charge in [0, 0.05) is 10.4 Å². The fourth-order valence-corrected chi connectivity index (χ4v) is 2.94. The molecule has 17 heavy (non-hydrogen) atoms. The highest BCUT2D eigenvalue weighted by Gasteiger charge is 2.17. The van der Waals surface area contributed by atoms with Crippen molar-refractivity contribution in [3.63, 3.8) is 0 Å². The standard InChI is InChI=1S/C13H14ClNOS/c1-8-3-4-9(11(7-8)16-2)12(15)13-10(14)5-6-17-13/h3-7,12H,15H2,1-2H3. The molecule has 1 aromatic heterocycles. The maximum Gasteiger partial charge on any atom is 0.124 e. The molecule has 0 fully saturated rings. The van der Waals surface area contributed by atoms with E-state index < -0.39 is 0 Å². The van der Waals surface area contributed by atoms with Crippen LogP contribution in [0.2, 0.25) is 5.02 Å². The van der Waals surface area contributed by atoms with Crippen molar-refractivity contribution in [1.82, 2.24) is 0 Å². The van der Waals surface area contributed by atoms with Crippen LogP contribution in [0, 0.1) is 6.92 Å². The topological polar surface area (TPSA) is 35.2 Å². The molecule has 90 valence electrons. The van der Waals surface area contributed by atoms with Crippen molar-refractivity contribution >= 4 is 22.9 Å². The largest absolute Gasteiger partial charge is 0.496 e. The van der Waals surface area contributed by atoms with Gasteiger partial charge in [0.25, 0.3) is 0 Å². The number of thiophene rings is 1. The molecule has 4 heteroatoms. The van der Waals surface area contributed by atoms with E-state index in [0.29, 0.717) is 5.02 Å². The van der Waals surface area contributed by atoms with Crippen molar-refractivity contribution in [2.24, 2.45) is 5.73 Å². The fraction of sp³-hybridized carbons (Fsp3) is 0.231. The van der Waals surface area contributed by atoms with Crippen LogP contribution in [-0.4, -0.2) is 7.11 Å². The van der Waals surface area contributed by atoms with Crippen LogP contribution in [0.3, 0.4) is 0 Å². The van der Waals surface area contributed by atoms with Gasteiger partial charge < -0.3 is 10.5 Å². The van der Waals surface area contributed by atoms with E-state index in [9.17, 15) is 0 Å². The average molecular weight is 268 g/mol. The molecule has 1 atom stereocenters. The van der Waals surface area contributed by atoms with Crippen LogP contribution >= 0.6 is 22.9 Å². The van der Waals surface area contributed by atoms with Crippen LogP contribution in [0.15, 0.2) is 29.6 Å². The molecule has 0 saturated heterocycles. The Kier molecular flexibility index (Phi) is 3.72. The maximum absolute atomic E-state index is 6.23. The number of nitrogens with two attached hydrogens (primary N) is 1. The highest BCUT2D eigenvalue weighted by atomic mass is 35.5. The van der Waals surface area contributed by atoms with Gasteiger partial charge in [0.1, 0.15) is 5.75 Å². The van der Waals surface area contributed by atoms with Gasteiger partial charge in [-0.1, -0.05) is 23.7 Å². The smallest absolute Gasteiger partial charge is 0.124 e. The molecule has 1 unspecified atom stereocenters. The maximum atomic E-state index is 6.23. The minimum atomic E-state index is -0.238. The van der Waals surface area contributed by atoms with E-state index in [1.54, 1.807) is 18.4 Å². The zero-order chi connectivity index (χ0) is 12.4. The number of hydrogen-bond donors (Lipinski definition) is 1. The summed E-state index contributed by atoms with van der Waals surface area (Å²) in [6, 6.07) is 7.63. The predicted octanol–water partition coefficient (Wildman–Crippen LogP) is 3.77. The molecule has 0 saturated carbocycles. The quantitative estimate of drug-likeness (QED) is 0.919. The zero-order valence-corrected chi connectivity index (χ0v) is 11.3. The SMILES string of the molecule is COc1cc(C)ccc1C(N)c1sccc1Cl. The Hall–Kier alpha value is -1.03. The lowest BCUT2D eigenvalue weighted by molar-refractivity contribution is 0.407. The van der Waals surface area contributed by atoms with Gasteiger partial charge in [-0.15, -0.1) is 11.3 Å². The van der Waals surface area contributed by atoms with Gasteiger partial charge in [0.15, 0.2) is 0 Å². The Morgan fingerprint density at radius 2 is 2.12 bits per heavy atom. The highest BCUT2D eigenvalue weighted by molar-refractivity contribution is 7.10. The van der Waals surface area contributed by atoms with Crippen molar-refractivity contribution in [2.75, 3.05) is 7.11 Å². The summed E-state index contributed by atoms with van der Waals surface area (Å²) in [7, 11) is 1.65. The summed E-state index contributed by atoms with van der Waals surface area (Å²) in [6.07, 6.45) is 0. The second-order valence-corrected chi connectivity index (χ2v) is 5.21. The van der Waals surface area contributed by atoms with E-state index >= 15 is 0 Å². The second-order valence-electron chi connectivity index (χ2n) is 3.86. The normalized spacial score (nSPS) is 12.5. The summed E-state index contributed by atoms with van der Waals surface area (Å²) in [5, 5.41) is 2.66. The summed E-state index contributed by atoms with van der Waals surface area (Å²) in [5.41, 5.74) is 8.34. The third-order valence-corrected chi connectivity index (χ3v) is 4.09. The molecule has 1 aromatic carbocycles. The van der Waals surface area contributed by atoms with Crippen LogP contribution in [0.5, 0.6) is 5.75 Å². The molecule has 2 aromatic rings. The van der Waals surface area contributed by atoms with Crippen LogP contribution in [0.1, 0.15) is 22.0 Å². The number of methoxy groups -OCH3 is 1. The van der Waals surface area contributed by atoms with Gasteiger partial charge in [-0.3, -0.25) is 0 Å². The minimum absolute atomic E-state index is 0.238. The van der Waals surface area contributed by atoms with Crippen LogP contribution in [-0.2, 0) is 0 Å². The molecule has 0 radical (unpaired) electrons. The first kappa shape index (κ1) is 12.4. The molecule has 2 N–H and O–H groups in total. The van der Waals surface area contributed by atoms with Crippen LogP contribution in [0.4, 0.5) is 0 Å². The van der Waals surface area contributed by atoms with Crippen LogP contribution < -0.4 is 10.5 Å². The monoisotopic (exact) mass is 267 g/mol. The van der Waals surface area contributed by atoms with E-state index in [1.165, 1.54) is 0 Å². The lowest BCUT2D eigenvalue weighted by Gasteiger charge is -2.15. The first-order chi connectivity index (χ1) is 8.13. The molecule has 0 bridgehead atoms. The molecule has 0 amide bonds. The van der Waals surface area contributed by atoms with E-state index in [4.69, 9.17) is 22.1 Å². The molecular weight excluding hydrogens is 254 g/mol. The lowest BCUT2D eigenvalue weighted by atomic mass is 10.0. The number of halogens is 1. The van der Waals surface area contributed by atoms with Gasteiger partial charge in [-0.2, -0.15) is 0 Å². The van der Waals surface area contributed by atoms with Gasteiger partial charge in [-0.25, -0.2) is 0 Å². The highest BCUT2D eigenvalue weighted by Crippen LogP contribution is 2.35. The Bertz CT molecular complexity index is 524. The van der Waals surface area contributed by atoms with Crippen LogP contribution in [0.25, 0.3) is 0 Å². The second kappa shape index (κ2) is 5.08. The van der Waals surface area contributed by atoms with Crippen molar-refractivity contribution in [2.45, 2.75) is 13.0 Å². The predicted molar refractivity (Wildman–Crippen MR) is 73.1 cm³/mol. The number of benzene rings is 1. The van der Waals surface area contributed by atoms with E-state index in [2.05, 4.69) is 0 Å². The summed E-state index contributed by atoms with van der Waals surface area (Å²) in [6.45, 7) is 2.02. The third-order valence-electron chi connectivity index (χ3n) is 2.65. The molecule has 0 aliphatic carbocycles. The third kappa shape index (κ3) is 2.46. The number of aryl methyl sites for hydroxylation is 1. The lowest BCUT2D eigenvalue weighted by Crippen LogP contribution is -2.12. The Labute approximate surface area is 110 Å². The number of hydrogen-bond acceptors (Lipinski definition) is 3. The van der Waals surface area contributed by atoms with Gasteiger partial charge in [0.2, 0.25) is 0 Å². The van der Waals surface area contributed by atoms with Crippen molar-refractivity contribution < 1.29 is 4.74 Å². The van der Waals surface area contributed by atoms with E-state index in [0.717, 1.165) is 21.8 Å². The minimum Gasteiger partial charge on any atom is -0.496 e. The van der Waals surface area contributed by atoms with E-state index in [1.807, 2.05) is 36.6 Å². The number of ether oxygens (including phenoxy) is 1. The molecule has 2 nitrogen and oxygen atoms in total. The molecule has 0 spiro atoms. The number of rotatable bonds is 3. The first-order valence-corrected chi connectivity index (χ1v) is 6.52. The van der Waals surface area contributed by atoms with Crippen molar-refractivity contribution in [3.8, 4) is 5.75 Å². The Morgan fingerprint density at radius 1 is 1.35 bits per heavy atom. The van der Waals surface area contributed by atoms with E-state index in [-0.39, 0.29) is 6.04 Å². The van der Waals surface area contributed by atoms with Gasteiger partial charge in [0.05, 0.1) is 18.2 Å². The summed E-state index contributed by atoms with van der Waals surface area (Å²) < 4.78 is 5.37. The zero-order valence-electron chi connectivity index (χ0n) is 9.74. The van der Waals surface area contributed by atoms with Gasteiger partial charge in [-0.05, 0) is 30.0 Å². The van der Waals surface area contributed by atoms with Gasteiger partial charge >= 0.3 is 0 Å². The van der Waals surface area contributed by atoms with Crippen molar-refractivity contribution in [1.29, 1.82) is 0 Å². The Balaban J connectivity index is 2.44. The molecule has 0 aliphatic heterocycles. The fourth-order valence-electron chi connectivity index (χ4n) is 1.74. The average Bonchev–Trinajstić information content (AvgIpc) is 2.74. The summed E-state index contributed by atoms with van der Waals surface area (Å²) in [4.78, 5) is 0.966. The first-order valence-electron chi connectivity index (χ1n) is 5.26. The Morgan fingerprint density at radius 3 is 2.71 bits per heavy atom. The molecule has 2 rings (SSSR count). The van der Waals surface area contributed by atoms with Crippen molar-refractivity contribution in [3.05, 3.63) is 50.7 Å². The summed E-state index contributed by atoms with van der Waals surface area (Å²) >= 11 is 7.66. The summed E-state index contributed by atoms with van der Waals surface area (Å²) in [5.74, 6) is 0.807. The molecular formula is C13H14ClNOS. The molecule has 0 aliphatic rings.